The number of carboxylic acid groups (broad SMARTS) is 1. The Kier molecular flexibility index (Phi) is 3.58. The maximum Gasteiger partial charge on any atom is 0.307 e. The van der Waals surface area contributed by atoms with Gasteiger partial charge in [-0.25, -0.2) is 0 Å². The van der Waals surface area contributed by atoms with E-state index in [1.807, 2.05) is 12.2 Å². The molecule has 3 aliphatic rings. The monoisotopic (exact) mass is 291 g/mol. The van der Waals surface area contributed by atoms with Crippen LogP contribution >= 0.6 is 0 Å². The Morgan fingerprint density at radius 1 is 1.10 bits per heavy atom. The van der Waals surface area contributed by atoms with Crippen molar-refractivity contribution in [2.75, 3.05) is 0 Å². The molecule has 2 fully saturated rings. The van der Waals surface area contributed by atoms with E-state index in [-0.39, 0.29) is 29.7 Å². The average molecular weight is 291 g/mol. The maximum atomic E-state index is 12.6. The minimum atomic E-state index is -0.822. The predicted molar refractivity (Wildman–Crippen MR) is 79.5 cm³/mol. The van der Waals surface area contributed by atoms with Crippen molar-refractivity contribution in [3.05, 3.63) is 12.2 Å². The zero-order valence-electron chi connectivity index (χ0n) is 12.8. The fourth-order valence-corrected chi connectivity index (χ4v) is 4.36. The van der Waals surface area contributed by atoms with E-state index in [9.17, 15) is 14.7 Å². The number of fused-ring (bicyclic) bond motifs is 2. The van der Waals surface area contributed by atoms with Gasteiger partial charge in [-0.05, 0) is 49.4 Å². The molecule has 1 amide bonds. The van der Waals surface area contributed by atoms with Gasteiger partial charge in [0.1, 0.15) is 0 Å². The highest BCUT2D eigenvalue weighted by atomic mass is 16.4. The van der Waals surface area contributed by atoms with Crippen LogP contribution in [0.15, 0.2) is 12.2 Å². The van der Waals surface area contributed by atoms with Crippen molar-refractivity contribution in [3.8, 4) is 0 Å². The molecule has 0 heterocycles. The number of rotatable bonds is 3. The Morgan fingerprint density at radius 3 is 2.24 bits per heavy atom. The normalized spacial score (nSPS) is 37.6. The molecule has 3 aliphatic carbocycles. The van der Waals surface area contributed by atoms with E-state index in [4.69, 9.17) is 0 Å². The van der Waals surface area contributed by atoms with Crippen LogP contribution in [0.3, 0.4) is 0 Å². The third kappa shape index (κ3) is 2.72. The highest BCUT2D eigenvalue weighted by Gasteiger charge is 2.51. The molecule has 0 saturated heterocycles. The Morgan fingerprint density at radius 2 is 1.67 bits per heavy atom. The molecule has 0 aromatic carbocycles. The second-order valence-electron chi connectivity index (χ2n) is 7.79. The van der Waals surface area contributed by atoms with Crippen LogP contribution in [-0.4, -0.2) is 23.0 Å². The molecule has 0 aliphatic heterocycles. The molecule has 3 rings (SSSR count). The van der Waals surface area contributed by atoms with E-state index < -0.39 is 11.9 Å². The van der Waals surface area contributed by atoms with Crippen LogP contribution < -0.4 is 5.32 Å². The number of allylic oxidation sites excluding steroid dienone is 2. The summed E-state index contributed by atoms with van der Waals surface area (Å²) in [6.07, 6.45) is 9.11. The second kappa shape index (κ2) is 5.15. The van der Waals surface area contributed by atoms with Crippen molar-refractivity contribution in [2.45, 2.75) is 52.0 Å². The number of carbonyl (C=O) groups excluding carboxylic acids is 1. The van der Waals surface area contributed by atoms with Gasteiger partial charge in [0.05, 0.1) is 11.8 Å². The van der Waals surface area contributed by atoms with Crippen molar-refractivity contribution in [1.82, 2.24) is 5.32 Å². The van der Waals surface area contributed by atoms with E-state index >= 15 is 0 Å². The summed E-state index contributed by atoms with van der Waals surface area (Å²) < 4.78 is 0. The van der Waals surface area contributed by atoms with Gasteiger partial charge in [0.15, 0.2) is 0 Å². The van der Waals surface area contributed by atoms with Gasteiger partial charge in [0.2, 0.25) is 5.91 Å². The van der Waals surface area contributed by atoms with Crippen molar-refractivity contribution < 1.29 is 14.7 Å². The van der Waals surface area contributed by atoms with Gasteiger partial charge in [-0.15, -0.1) is 0 Å². The van der Waals surface area contributed by atoms with Gasteiger partial charge >= 0.3 is 5.97 Å². The van der Waals surface area contributed by atoms with Gasteiger partial charge in [-0.3, -0.25) is 9.59 Å². The minimum absolute atomic E-state index is 0.0380. The SMILES string of the molecule is CC1(C)CCC(NC(=O)[C@H]2C3C=CC(C3)[C@H]2C(=O)O)CC1. The van der Waals surface area contributed by atoms with Gasteiger partial charge in [0.25, 0.3) is 0 Å². The quantitative estimate of drug-likeness (QED) is 0.785. The van der Waals surface area contributed by atoms with Crippen LogP contribution in [-0.2, 0) is 9.59 Å². The summed E-state index contributed by atoms with van der Waals surface area (Å²) >= 11 is 0. The summed E-state index contributed by atoms with van der Waals surface area (Å²) in [5.41, 5.74) is 0.375. The highest BCUT2D eigenvalue weighted by molar-refractivity contribution is 5.87. The summed E-state index contributed by atoms with van der Waals surface area (Å²) in [6.45, 7) is 4.54. The van der Waals surface area contributed by atoms with Gasteiger partial charge in [-0.2, -0.15) is 0 Å². The standard InChI is InChI=1S/C17H25NO3/c1-17(2)7-5-12(6-8-17)18-15(19)13-10-3-4-11(9-10)14(13)16(20)21/h3-4,10-14H,5-9H2,1-2H3,(H,18,19)(H,20,21)/t10?,11?,13-,14+/m0/s1. The Labute approximate surface area is 126 Å². The number of amides is 1. The molecule has 0 aromatic rings. The van der Waals surface area contributed by atoms with Crippen LogP contribution in [0.25, 0.3) is 0 Å². The molecule has 2 saturated carbocycles. The van der Waals surface area contributed by atoms with Crippen molar-refractivity contribution >= 4 is 11.9 Å². The fourth-order valence-electron chi connectivity index (χ4n) is 4.36. The lowest BCUT2D eigenvalue weighted by Gasteiger charge is -2.35. The largest absolute Gasteiger partial charge is 0.481 e. The first-order chi connectivity index (χ1) is 9.87. The summed E-state index contributed by atoms with van der Waals surface area (Å²) in [7, 11) is 0. The zero-order chi connectivity index (χ0) is 15.2. The molecule has 2 N–H and O–H groups in total. The molecular weight excluding hydrogens is 266 g/mol. The van der Waals surface area contributed by atoms with E-state index in [2.05, 4.69) is 19.2 Å². The first-order valence-corrected chi connectivity index (χ1v) is 8.09. The minimum Gasteiger partial charge on any atom is -0.481 e. The van der Waals surface area contributed by atoms with E-state index in [0.717, 1.165) is 32.1 Å². The molecule has 2 unspecified atom stereocenters. The van der Waals surface area contributed by atoms with Crippen LogP contribution in [0.2, 0.25) is 0 Å². The number of carboxylic acids is 1. The van der Waals surface area contributed by atoms with E-state index in [0.29, 0.717) is 5.41 Å². The number of hydrogen-bond donors (Lipinski definition) is 2. The molecule has 4 atom stereocenters. The summed E-state index contributed by atoms with van der Waals surface area (Å²) in [5.74, 6) is -1.59. The molecule has 0 spiro atoms. The lowest BCUT2D eigenvalue weighted by atomic mass is 9.75. The Bertz CT molecular complexity index is 472. The molecule has 4 heteroatoms. The molecular formula is C17H25NO3. The highest BCUT2D eigenvalue weighted by Crippen LogP contribution is 2.48. The van der Waals surface area contributed by atoms with Crippen LogP contribution in [0, 0.1) is 29.1 Å². The first-order valence-electron chi connectivity index (χ1n) is 8.09. The summed E-state index contributed by atoms with van der Waals surface area (Å²) in [5, 5.41) is 12.5. The topological polar surface area (TPSA) is 66.4 Å². The second-order valence-corrected chi connectivity index (χ2v) is 7.79. The third-order valence-corrected chi connectivity index (χ3v) is 5.73. The van der Waals surface area contributed by atoms with Crippen molar-refractivity contribution in [3.63, 3.8) is 0 Å². The number of aliphatic carboxylic acids is 1. The van der Waals surface area contributed by atoms with Crippen LogP contribution in [0.4, 0.5) is 0 Å². The molecule has 21 heavy (non-hydrogen) atoms. The molecule has 0 aromatic heterocycles. The predicted octanol–water partition coefficient (Wildman–Crippen LogP) is 2.59. The zero-order valence-corrected chi connectivity index (χ0v) is 12.8. The smallest absolute Gasteiger partial charge is 0.307 e. The van der Waals surface area contributed by atoms with Crippen LogP contribution in [0.1, 0.15) is 46.0 Å². The van der Waals surface area contributed by atoms with Crippen molar-refractivity contribution in [1.29, 1.82) is 0 Å². The van der Waals surface area contributed by atoms with Crippen molar-refractivity contribution in [2.24, 2.45) is 29.1 Å². The van der Waals surface area contributed by atoms with Gasteiger partial charge in [-0.1, -0.05) is 26.0 Å². The summed E-state index contributed by atoms with van der Waals surface area (Å²) in [6, 6.07) is 0.225. The van der Waals surface area contributed by atoms with Gasteiger partial charge in [0, 0.05) is 6.04 Å². The Hall–Kier alpha value is -1.32. The number of hydrogen-bond acceptors (Lipinski definition) is 2. The summed E-state index contributed by atoms with van der Waals surface area (Å²) in [4.78, 5) is 24.0. The van der Waals surface area contributed by atoms with E-state index in [1.165, 1.54) is 0 Å². The lowest BCUT2D eigenvalue weighted by Crippen LogP contribution is -2.46. The fraction of sp³-hybridized carbons (Fsp3) is 0.765. The van der Waals surface area contributed by atoms with E-state index in [1.54, 1.807) is 0 Å². The first kappa shape index (κ1) is 14.6. The lowest BCUT2D eigenvalue weighted by molar-refractivity contribution is -0.148. The van der Waals surface area contributed by atoms with Crippen LogP contribution in [0.5, 0.6) is 0 Å². The Balaban J connectivity index is 1.63. The third-order valence-electron chi connectivity index (χ3n) is 5.73. The molecule has 116 valence electrons. The maximum absolute atomic E-state index is 12.6. The number of carbonyl (C=O) groups is 2. The molecule has 4 nitrogen and oxygen atoms in total. The average Bonchev–Trinajstić information content (AvgIpc) is 3.01. The molecule has 0 radical (unpaired) electrons. The number of nitrogens with one attached hydrogen (secondary N) is 1. The molecule has 2 bridgehead atoms. The van der Waals surface area contributed by atoms with Gasteiger partial charge < -0.3 is 10.4 Å².